The van der Waals surface area contributed by atoms with Gasteiger partial charge in [0.25, 0.3) is 5.91 Å². The third kappa shape index (κ3) is 5.94. The number of carboxylic acid groups (broad SMARTS) is 1. The highest BCUT2D eigenvalue weighted by atomic mass is 35.5. The van der Waals surface area contributed by atoms with Gasteiger partial charge in [0.2, 0.25) is 10.0 Å². The second kappa shape index (κ2) is 10.1. The fraction of sp³-hybridized carbons (Fsp3) is 0.348. The smallest absolute Gasteiger partial charge is 0.325 e. The van der Waals surface area contributed by atoms with E-state index in [4.69, 9.17) is 11.6 Å². The highest BCUT2D eigenvalue weighted by molar-refractivity contribution is 7.89. The molecule has 1 aliphatic heterocycles. The van der Waals surface area contributed by atoms with Crippen molar-refractivity contribution in [3.63, 3.8) is 0 Å². The zero-order valence-corrected chi connectivity index (χ0v) is 20.3. The van der Waals surface area contributed by atoms with Gasteiger partial charge in [0, 0.05) is 11.6 Å². The van der Waals surface area contributed by atoms with Crippen LogP contribution in [0.15, 0.2) is 53.4 Å². The lowest BCUT2D eigenvalue weighted by Gasteiger charge is -2.17. The summed E-state index contributed by atoms with van der Waals surface area (Å²) in [5.41, 5.74) is 0.673. The van der Waals surface area contributed by atoms with E-state index in [-0.39, 0.29) is 23.8 Å². The predicted molar refractivity (Wildman–Crippen MR) is 127 cm³/mol. The molecule has 3 rings (SSSR count). The Balaban J connectivity index is 1.59. The molecule has 1 atom stereocenters. The zero-order chi connectivity index (χ0) is 25.1. The molecule has 1 unspecified atom stereocenters. The van der Waals surface area contributed by atoms with E-state index in [9.17, 15) is 27.9 Å². The first-order valence-electron chi connectivity index (χ1n) is 10.7. The third-order valence-electron chi connectivity index (χ3n) is 5.51. The summed E-state index contributed by atoms with van der Waals surface area (Å²) in [6.07, 6.45) is 0.646. The van der Waals surface area contributed by atoms with E-state index in [0.717, 1.165) is 16.0 Å². The minimum absolute atomic E-state index is 0.00443. The monoisotopic (exact) mass is 507 g/mol. The number of nitrogens with one attached hydrogen (secondary N) is 2. The molecule has 2 aromatic carbocycles. The second-order valence-corrected chi connectivity index (χ2v) is 10.7. The van der Waals surface area contributed by atoms with Crippen molar-refractivity contribution in [1.82, 2.24) is 14.9 Å². The lowest BCUT2D eigenvalue weighted by Crippen LogP contribution is -2.41. The number of benzene rings is 2. The molecule has 3 amide bonds. The zero-order valence-electron chi connectivity index (χ0n) is 18.7. The summed E-state index contributed by atoms with van der Waals surface area (Å²) in [7, 11) is -4.08. The number of hydrogen-bond acceptors (Lipinski definition) is 5. The Morgan fingerprint density at radius 3 is 2.12 bits per heavy atom. The number of imide groups is 1. The van der Waals surface area contributed by atoms with Crippen molar-refractivity contribution >= 4 is 39.5 Å². The van der Waals surface area contributed by atoms with Gasteiger partial charge in [-0.15, -0.1) is 0 Å². The molecule has 3 N–H and O–H groups in total. The lowest BCUT2D eigenvalue weighted by molar-refractivity contribution is -0.139. The number of carboxylic acids is 1. The summed E-state index contributed by atoms with van der Waals surface area (Å²) in [5.74, 6) is -1.66. The van der Waals surface area contributed by atoms with Gasteiger partial charge in [-0.05, 0) is 68.5 Å². The Labute approximate surface area is 203 Å². The van der Waals surface area contributed by atoms with Gasteiger partial charge in [0.1, 0.15) is 11.6 Å². The van der Waals surface area contributed by atoms with Gasteiger partial charge in [-0.1, -0.05) is 35.9 Å². The summed E-state index contributed by atoms with van der Waals surface area (Å²) in [4.78, 5) is 36.8. The Morgan fingerprint density at radius 1 is 1.06 bits per heavy atom. The largest absolute Gasteiger partial charge is 0.480 e. The normalized spacial score (nSPS) is 16.4. The molecule has 182 valence electrons. The predicted octanol–water partition coefficient (Wildman–Crippen LogP) is 3.24. The van der Waals surface area contributed by atoms with Crippen LogP contribution >= 0.6 is 11.6 Å². The van der Waals surface area contributed by atoms with Crippen molar-refractivity contribution in [3.05, 3.63) is 53.6 Å². The Hall–Kier alpha value is -2.95. The number of carbonyl (C=O) groups excluding carboxylic acids is 2. The van der Waals surface area contributed by atoms with Crippen molar-refractivity contribution in [2.75, 3.05) is 6.54 Å². The number of amides is 3. The number of urea groups is 1. The summed E-state index contributed by atoms with van der Waals surface area (Å²) in [5, 5.41) is 12.7. The van der Waals surface area contributed by atoms with E-state index in [2.05, 4.69) is 10.0 Å². The van der Waals surface area contributed by atoms with E-state index < -0.39 is 33.6 Å². The number of nitrogens with zero attached hydrogens (tertiary/aromatic N) is 1. The lowest BCUT2D eigenvalue weighted by atomic mass is 10.1. The van der Waals surface area contributed by atoms with Gasteiger partial charge >= 0.3 is 12.0 Å². The van der Waals surface area contributed by atoms with Crippen molar-refractivity contribution in [2.45, 2.75) is 49.6 Å². The van der Waals surface area contributed by atoms with Crippen molar-refractivity contribution in [1.29, 1.82) is 0 Å². The number of hydrogen-bond donors (Lipinski definition) is 3. The molecular weight excluding hydrogens is 482 g/mol. The van der Waals surface area contributed by atoms with Gasteiger partial charge in [-0.2, -0.15) is 4.72 Å². The van der Waals surface area contributed by atoms with Crippen LogP contribution in [0.4, 0.5) is 4.79 Å². The number of unbranched alkanes of at least 4 members (excludes halogenated alkanes) is 1. The summed E-state index contributed by atoms with van der Waals surface area (Å²) < 4.78 is 27.7. The molecule has 0 spiro atoms. The van der Waals surface area contributed by atoms with E-state index in [1.54, 1.807) is 38.1 Å². The summed E-state index contributed by atoms with van der Waals surface area (Å²) in [6, 6.07) is 11.3. The summed E-state index contributed by atoms with van der Waals surface area (Å²) >= 11 is 5.89. The first-order chi connectivity index (χ1) is 15.9. The number of sulfonamides is 1. The fourth-order valence-corrected chi connectivity index (χ4v) is 4.95. The maximum atomic E-state index is 12.7. The molecular formula is C23H26ClN3O6S. The first kappa shape index (κ1) is 25.7. The van der Waals surface area contributed by atoms with Crippen molar-refractivity contribution in [2.24, 2.45) is 0 Å². The quantitative estimate of drug-likeness (QED) is 0.334. The molecule has 34 heavy (non-hydrogen) atoms. The van der Waals surface area contributed by atoms with Gasteiger partial charge in [-0.3, -0.25) is 14.5 Å². The number of carbonyl (C=O) groups is 3. The van der Waals surface area contributed by atoms with Crippen LogP contribution in [-0.2, 0) is 19.6 Å². The molecule has 0 aromatic heterocycles. The molecule has 2 aromatic rings. The molecule has 0 bridgehead atoms. The second-order valence-electron chi connectivity index (χ2n) is 8.55. The van der Waals surface area contributed by atoms with Gasteiger partial charge in [0.05, 0.1) is 4.90 Å². The number of halogens is 1. The molecule has 1 fully saturated rings. The molecule has 9 nitrogen and oxygen atoms in total. The molecule has 0 saturated carbocycles. The van der Waals surface area contributed by atoms with Crippen LogP contribution in [0.2, 0.25) is 5.02 Å². The summed E-state index contributed by atoms with van der Waals surface area (Å²) in [6.45, 7) is 3.33. The Morgan fingerprint density at radius 2 is 1.62 bits per heavy atom. The average molecular weight is 508 g/mol. The number of rotatable bonds is 10. The topological polar surface area (TPSA) is 133 Å². The molecule has 1 saturated heterocycles. The Kier molecular flexibility index (Phi) is 7.64. The van der Waals surface area contributed by atoms with Crippen LogP contribution in [-0.4, -0.2) is 54.5 Å². The van der Waals surface area contributed by atoms with E-state index >= 15 is 0 Å². The van der Waals surface area contributed by atoms with Gasteiger partial charge in [0.15, 0.2) is 0 Å². The third-order valence-corrected chi connectivity index (χ3v) is 7.25. The highest BCUT2D eigenvalue weighted by Crippen LogP contribution is 2.23. The standard InChI is InChI=1S/C23H26ClN3O6S/c1-23(2)21(30)27(22(31)25-23)14-4-3-5-19(20(28)29)26-34(32,33)18-12-8-16(9-13-18)15-6-10-17(24)11-7-15/h6-13,19,26H,3-5,14H2,1-2H3,(H,25,31)(H,28,29). The van der Waals surface area contributed by atoms with Gasteiger partial charge < -0.3 is 10.4 Å². The Bertz CT molecular complexity index is 1180. The maximum absolute atomic E-state index is 12.7. The average Bonchev–Trinajstić information content (AvgIpc) is 2.97. The molecule has 1 aliphatic rings. The van der Waals surface area contributed by atoms with Crippen LogP contribution in [0, 0.1) is 0 Å². The van der Waals surface area contributed by atoms with Crippen LogP contribution in [0.25, 0.3) is 11.1 Å². The first-order valence-corrected chi connectivity index (χ1v) is 12.5. The fourth-order valence-electron chi connectivity index (χ4n) is 3.60. The minimum atomic E-state index is -4.08. The molecule has 0 aliphatic carbocycles. The van der Waals surface area contributed by atoms with Crippen LogP contribution in [0.5, 0.6) is 0 Å². The SMILES string of the molecule is CC1(C)NC(=O)N(CCCCC(NS(=O)(=O)c2ccc(-c3ccc(Cl)cc3)cc2)C(=O)O)C1=O. The van der Waals surface area contributed by atoms with Crippen LogP contribution in [0.3, 0.4) is 0 Å². The molecule has 1 heterocycles. The van der Waals surface area contributed by atoms with Crippen LogP contribution in [0.1, 0.15) is 33.1 Å². The van der Waals surface area contributed by atoms with Crippen molar-refractivity contribution in [3.8, 4) is 11.1 Å². The molecule has 0 radical (unpaired) electrons. The highest BCUT2D eigenvalue weighted by Gasteiger charge is 2.43. The van der Waals surface area contributed by atoms with Crippen molar-refractivity contribution < 1.29 is 27.9 Å². The minimum Gasteiger partial charge on any atom is -0.480 e. The maximum Gasteiger partial charge on any atom is 0.325 e. The molecule has 11 heteroatoms. The van der Waals surface area contributed by atoms with E-state index in [0.29, 0.717) is 17.9 Å². The van der Waals surface area contributed by atoms with Crippen LogP contribution < -0.4 is 10.0 Å². The van der Waals surface area contributed by atoms with E-state index in [1.807, 2.05) is 12.1 Å². The number of aliphatic carboxylic acids is 1. The van der Waals surface area contributed by atoms with Gasteiger partial charge in [-0.25, -0.2) is 13.2 Å². The van der Waals surface area contributed by atoms with E-state index in [1.165, 1.54) is 12.1 Å².